The van der Waals surface area contributed by atoms with Crippen molar-refractivity contribution in [3.8, 4) is 0 Å². The van der Waals surface area contributed by atoms with Crippen LogP contribution >= 0.6 is 0 Å². The maximum Gasteiger partial charge on any atom is 0.123 e. The third kappa shape index (κ3) is 2.94. The van der Waals surface area contributed by atoms with Gasteiger partial charge in [0.15, 0.2) is 0 Å². The molecule has 1 aliphatic heterocycles. The highest BCUT2D eigenvalue weighted by molar-refractivity contribution is 5.76. The smallest absolute Gasteiger partial charge is 0.123 e. The lowest BCUT2D eigenvalue weighted by Gasteiger charge is -2.31. The molecule has 3 nitrogen and oxygen atoms in total. The molecule has 0 unspecified atom stereocenters. The molecule has 1 fully saturated rings. The van der Waals surface area contributed by atoms with Crippen LogP contribution < -0.4 is 0 Å². The van der Waals surface area contributed by atoms with Crippen LogP contribution in [-0.4, -0.2) is 34.6 Å². The Bertz CT molecular complexity index is 847. The van der Waals surface area contributed by atoms with Gasteiger partial charge in [0.05, 0.1) is 11.0 Å². The van der Waals surface area contributed by atoms with Gasteiger partial charge in [0, 0.05) is 12.5 Å². The Morgan fingerprint density at radius 2 is 1.88 bits per heavy atom. The molecule has 1 aliphatic rings. The zero-order valence-corrected chi connectivity index (χ0v) is 14.0. The van der Waals surface area contributed by atoms with E-state index < -0.39 is 0 Å². The normalized spacial score (nSPS) is 16.8. The van der Waals surface area contributed by atoms with Crippen LogP contribution in [0.25, 0.3) is 11.0 Å². The lowest BCUT2D eigenvalue weighted by Crippen LogP contribution is -2.32. The van der Waals surface area contributed by atoms with E-state index in [0.717, 1.165) is 42.8 Å². The summed E-state index contributed by atoms with van der Waals surface area (Å²) >= 11 is 0. The SMILES string of the molecule is CN1CCC(n2c(Cc3cccc(F)c3)nc3ccccc32)CC1. The van der Waals surface area contributed by atoms with Crippen LogP contribution in [0.15, 0.2) is 48.5 Å². The highest BCUT2D eigenvalue weighted by Gasteiger charge is 2.23. The van der Waals surface area contributed by atoms with Crippen molar-refractivity contribution in [1.29, 1.82) is 0 Å². The zero-order chi connectivity index (χ0) is 16.5. The molecule has 124 valence electrons. The predicted octanol–water partition coefficient (Wildman–Crippen LogP) is 4.03. The molecular weight excluding hydrogens is 301 g/mol. The van der Waals surface area contributed by atoms with Crippen LogP contribution in [0.5, 0.6) is 0 Å². The van der Waals surface area contributed by atoms with Crippen molar-refractivity contribution < 1.29 is 4.39 Å². The average molecular weight is 323 g/mol. The summed E-state index contributed by atoms with van der Waals surface area (Å²) in [5.41, 5.74) is 3.20. The van der Waals surface area contributed by atoms with Crippen molar-refractivity contribution in [2.75, 3.05) is 20.1 Å². The summed E-state index contributed by atoms with van der Waals surface area (Å²) in [5.74, 6) is 0.853. The van der Waals surface area contributed by atoms with E-state index in [9.17, 15) is 4.39 Å². The van der Waals surface area contributed by atoms with E-state index in [1.165, 1.54) is 11.6 Å². The van der Waals surface area contributed by atoms with Gasteiger partial charge in [-0.2, -0.15) is 0 Å². The van der Waals surface area contributed by atoms with Gasteiger partial charge in [0.25, 0.3) is 0 Å². The van der Waals surface area contributed by atoms with Crippen LogP contribution in [0.4, 0.5) is 4.39 Å². The van der Waals surface area contributed by atoms with Crippen molar-refractivity contribution in [2.24, 2.45) is 0 Å². The Kier molecular flexibility index (Phi) is 4.07. The number of hydrogen-bond donors (Lipinski definition) is 0. The Labute approximate surface area is 141 Å². The topological polar surface area (TPSA) is 21.1 Å². The number of para-hydroxylation sites is 2. The first-order chi connectivity index (χ1) is 11.7. The van der Waals surface area contributed by atoms with Gasteiger partial charge in [-0.25, -0.2) is 9.37 Å². The van der Waals surface area contributed by atoms with Gasteiger partial charge in [0.2, 0.25) is 0 Å². The molecule has 4 heteroatoms. The van der Waals surface area contributed by atoms with E-state index in [1.54, 1.807) is 12.1 Å². The van der Waals surface area contributed by atoms with Crippen molar-refractivity contribution in [2.45, 2.75) is 25.3 Å². The molecule has 2 heterocycles. The molecule has 24 heavy (non-hydrogen) atoms. The van der Waals surface area contributed by atoms with E-state index in [1.807, 2.05) is 12.1 Å². The van der Waals surface area contributed by atoms with Crippen molar-refractivity contribution in [3.05, 3.63) is 65.7 Å². The van der Waals surface area contributed by atoms with E-state index in [2.05, 4.69) is 34.7 Å². The predicted molar refractivity (Wildman–Crippen MR) is 94.7 cm³/mol. The Morgan fingerprint density at radius 1 is 1.08 bits per heavy atom. The van der Waals surface area contributed by atoms with Gasteiger partial charge in [-0.1, -0.05) is 24.3 Å². The lowest BCUT2D eigenvalue weighted by molar-refractivity contribution is 0.222. The van der Waals surface area contributed by atoms with E-state index >= 15 is 0 Å². The highest BCUT2D eigenvalue weighted by Crippen LogP contribution is 2.29. The minimum Gasteiger partial charge on any atom is -0.324 e. The first kappa shape index (κ1) is 15.3. The minimum atomic E-state index is -0.186. The fourth-order valence-electron chi connectivity index (χ4n) is 3.71. The maximum absolute atomic E-state index is 13.5. The number of benzene rings is 2. The second-order valence-electron chi connectivity index (χ2n) is 6.73. The molecule has 0 aliphatic carbocycles. The summed E-state index contributed by atoms with van der Waals surface area (Å²) < 4.78 is 15.9. The number of piperidine rings is 1. The van der Waals surface area contributed by atoms with Crippen LogP contribution in [0.3, 0.4) is 0 Å². The van der Waals surface area contributed by atoms with Crippen LogP contribution in [0.1, 0.15) is 30.3 Å². The standard InChI is InChI=1S/C20H22FN3/c1-23-11-9-17(10-12-23)24-19-8-3-2-7-18(19)22-20(24)14-15-5-4-6-16(21)13-15/h2-8,13,17H,9-12,14H2,1H3. The first-order valence-electron chi connectivity index (χ1n) is 8.59. The van der Waals surface area contributed by atoms with Gasteiger partial charge in [-0.05, 0) is 62.8 Å². The average Bonchev–Trinajstić information content (AvgIpc) is 2.93. The summed E-state index contributed by atoms with van der Waals surface area (Å²) in [7, 11) is 2.18. The van der Waals surface area contributed by atoms with Crippen LogP contribution in [0, 0.1) is 5.82 Å². The monoisotopic (exact) mass is 323 g/mol. The summed E-state index contributed by atoms with van der Waals surface area (Å²) in [5, 5.41) is 0. The number of hydrogen-bond acceptors (Lipinski definition) is 2. The number of fused-ring (bicyclic) bond motifs is 1. The third-order valence-electron chi connectivity index (χ3n) is 4.97. The van der Waals surface area contributed by atoms with Gasteiger partial charge < -0.3 is 9.47 Å². The van der Waals surface area contributed by atoms with Crippen molar-refractivity contribution in [3.63, 3.8) is 0 Å². The quantitative estimate of drug-likeness (QED) is 0.725. The molecule has 0 amide bonds. The summed E-state index contributed by atoms with van der Waals surface area (Å²) in [6.07, 6.45) is 2.93. The fraction of sp³-hybridized carbons (Fsp3) is 0.350. The van der Waals surface area contributed by atoms with Gasteiger partial charge in [-0.15, -0.1) is 0 Å². The highest BCUT2D eigenvalue weighted by atomic mass is 19.1. The summed E-state index contributed by atoms with van der Waals surface area (Å²) in [6, 6.07) is 15.6. The van der Waals surface area contributed by atoms with Gasteiger partial charge in [0.1, 0.15) is 11.6 Å². The molecule has 0 N–H and O–H groups in total. The van der Waals surface area contributed by atoms with Gasteiger partial charge >= 0.3 is 0 Å². The molecule has 0 radical (unpaired) electrons. The number of likely N-dealkylation sites (tertiary alicyclic amines) is 1. The second-order valence-corrected chi connectivity index (χ2v) is 6.73. The molecule has 0 atom stereocenters. The molecule has 0 saturated carbocycles. The van der Waals surface area contributed by atoms with Gasteiger partial charge in [-0.3, -0.25) is 0 Å². The number of aromatic nitrogens is 2. The molecule has 1 saturated heterocycles. The number of rotatable bonds is 3. The maximum atomic E-state index is 13.5. The molecular formula is C20H22FN3. The minimum absolute atomic E-state index is 0.186. The molecule has 1 aromatic heterocycles. The fourth-order valence-corrected chi connectivity index (χ4v) is 3.71. The number of imidazole rings is 1. The van der Waals surface area contributed by atoms with E-state index in [-0.39, 0.29) is 5.82 Å². The Morgan fingerprint density at radius 3 is 2.67 bits per heavy atom. The molecule has 3 aromatic rings. The van der Waals surface area contributed by atoms with Crippen LogP contribution in [-0.2, 0) is 6.42 Å². The van der Waals surface area contributed by atoms with E-state index in [4.69, 9.17) is 4.98 Å². The molecule has 4 rings (SSSR count). The van der Waals surface area contributed by atoms with E-state index in [0.29, 0.717) is 12.5 Å². The Hall–Kier alpha value is -2.20. The molecule has 0 bridgehead atoms. The molecule has 0 spiro atoms. The lowest BCUT2D eigenvalue weighted by atomic mass is 10.0. The molecule has 2 aromatic carbocycles. The summed E-state index contributed by atoms with van der Waals surface area (Å²) in [6.45, 7) is 2.22. The van der Waals surface area contributed by atoms with Crippen LogP contribution in [0.2, 0.25) is 0 Å². The zero-order valence-electron chi connectivity index (χ0n) is 14.0. The number of halogens is 1. The van der Waals surface area contributed by atoms with Crippen molar-refractivity contribution in [1.82, 2.24) is 14.5 Å². The third-order valence-corrected chi connectivity index (χ3v) is 4.97. The largest absolute Gasteiger partial charge is 0.324 e. The van der Waals surface area contributed by atoms with Crippen molar-refractivity contribution >= 4 is 11.0 Å². The number of nitrogens with zero attached hydrogens (tertiary/aromatic N) is 3. The summed E-state index contributed by atoms with van der Waals surface area (Å²) in [4.78, 5) is 7.24. The second kappa shape index (κ2) is 6.36. The Balaban J connectivity index is 1.75. The first-order valence-corrected chi connectivity index (χ1v) is 8.59.